The van der Waals surface area contributed by atoms with Gasteiger partial charge in [0.15, 0.2) is 0 Å². The van der Waals surface area contributed by atoms with Gasteiger partial charge in [-0.2, -0.15) is 11.8 Å². The molecular weight excluding hydrogens is 534 g/mol. The van der Waals surface area contributed by atoms with Crippen LogP contribution >= 0.6 is 23.5 Å². The van der Waals surface area contributed by atoms with Gasteiger partial charge >= 0.3 is 6.09 Å². The number of rotatable bonds is 8. The summed E-state index contributed by atoms with van der Waals surface area (Å²) in [5.74, 6) is 2.82. The molecule has 2 atom stereocenters. The molecule has 3 fully saturated rings. The summed E-state index contributed by atoms with van der Waals surface area (Å²) in [6, 6.07) is 2.70. The van der Waals surface area contributed by atoms with Crippen molar-refractivity contribution in [2.75, 3.05) is 54.2 Å². The van der Waals surface area contributed by atoms with Crippen molar-refractivity contribution >= 4 is 47.1 Å². The van der Waals surface area contributed by atoms with Crippen molar-refractivity contribution in [1.82, 2.24) is 20.1 Å². The third-order valence-corrected chi connectivity index (χ3v) is 9.70. The molecule has 3 aliphatic rings. The van der Waals surface area contributed by atoms with Gasteiger partial charge in [0.1, 0.15) is 17.7 Å². The fourth-order valence-corrected chi connectivity index (χ4v) is 7.68. The highest BCUT2D eigenvalue weighted by Gasteiger charge is 2.39. The molecule has 3 amide bonds. The number of ether oxygens (including phenoxy) is 1. The van der Waals surface area contributed by atoms with Crippen LogP contribution in [-0.4, -0.2) is 99.7 Å². The second-order valence-electron chi connectivity index (χ2n) is 11.6. The molecule has 0 radical (unpaired) electrons. The van der Waals surface area contributed by atoms with Crippen molar-refractivity contribution in [2.24, 2.45) is 5.92 Å². The number of nitrogens with zero attached hydrogens (tertiary/aromatic N) is 4. The fraction of sp³-hybridized carbons (Fsp3) is 0.714. The van der Waals surface area contributed by atoms with Gasteiger partial charge in [0, 0.05) is 55.8 Å². The third-order valence-electron chi connectivity index (χ3n) is 7.41. The number of aromatic nitrogens is 1. The minimum absolute atomic E-state index is 0.0386. The van der Waals surface area contributed by atoms with Crippen molar-refractivity contribution < 1.29 is 19.1 Å². The first kappa shape index (κ1) is 29.8. The summed E-state index contributed by atoms with van der Waals surface area (Å²) in [6.07, 6.45) is 9.45. The average Bonchev–Trinajstić information content (AvgIpc) is 3.43. The van der Waals surface area contributed by atoms with Crippen LogP contribution < -0.4 is 10.2 Å². The molecule has 216 valence electrons. The first-order valence-electron chi connectivity index (χ1n) is 14.1. The van der Waals surface area contributed by atoms with E-state index in [0.717, 1.165) is 24.5 Å². The van der Waals surface area contributed by atoms with E-state index in [-0.39, 0.29) is 11.8 Å². The zero-order valence-corrected chi connectivity index (χ0v) is 25.1. The smallest absolute Gasteiger partial charge is 0.411 e. The summed E-state index contributed by atoms with van der Waals surface area (Å²) in [6.45, 7) is 8.12. The molecule has 1 aromatic heterocycles. The zero-order chi connectivity index (χ0) is 27.8. The molecule has 1 saturated carbocycles. The number of carbonyl (C=O) groups is 3. The Balaban J connectivity index is 1.38. The van der Waals surface area contributed by atoms with E-state index >= 15 is 0 Å². The lowest BCUT2D eigenvalue weighted by Crippen LogP contribution is -2.58. The normalized spacial score (nSPS) is 21.5. The molecular formula is C28H43N5O4S2. The zero-order valence-electron chi connectivity index (χ0n) is 23.5. The maximum atomic E-state index is 13.7. The number of carbonyl (C=O) groups excluding carboxylic acids is 3. The fourth-order valence-electron chi connectivity index (χ4n) is 5.27. The van der Waals surface area contributed by atoms with Gasteiger partial charge in [0.2, 0.25) is 11.8 Å². The predicted molar refractivity (Wildman–Crippen MR) is 158 cm³/mol. The van der Waals surface area contributed by atoms with E-state index in [2.05, 4.69) is 15.2 Å². The Morgan fingerprint density at radius 1 is 1.10 bits per heavy atom. The summed E-state index contributed by atoms with van der Waals surface area (Å²) < 4.78 is 5.53. The Kier molecular flexibility index (Phi) is 10.7. The lowest BCUT2D eigenvalue weighted by molar-refractivity contribution is -0.137. The van der Waals surface area contributed by atoms with Gasteiger partial charge in [-0.05, 0) is 57.4 Å². The van der Waals surface area contributed by atoms with Crippen LogP contribution in [0.2, 0.25) is 0 Å². The molecule has 0 spiro atoms. The number of anilines is 1. The van der Waals surface area contributed by atoms with E-state index < -0.39 is 23.8 Å². The summed E-state index contributed by atoms with van der Waals surface area (Å²) in [5.41, 5.74) is 0.462. The van der Waals surface area contributed by atoms with Gasteiger partial charge in [-0.3, -0.25) is 19.5 Å². The molecule has 3 heterocycles. The third kappa shape index (κ3) is 8.67. The number of piperazine rings is 1. The Bertz CT molecular complexity index is 962. The van der Waals surface area contributed by atoms with Crippen LogP contribution in [0.1, 0.15) is 52.9 Å². The lowest BCUT2D eigenvalue weighted by Gasteiger charge is -2.38. The summed E-state index contributed by atoms with van der Waals surface area (Å²) in [4.78, 5) is 49.7. The van der Waals surface area contributed by atoms with Gasteiger partial charge in [-0.15, -0.1) is 11.8 Å². The molecule has 2 aliphatic heterocycles. The Hall–Kier alpha value is -2.14. The summed E-state index contributed by atoms with van der Waals surface area (Å²) in [5, 5.41) is 3.05. The maximum Gasteiger partial charge on any atom is 0.411 e. The quantitative estimate of drug-likeness (QED) is 0.498. The van der Waals surface area contributed by atoms with Crippen LogP contribution in [0.3, 0.4) is 0 Å². The standard InChI is InChI=1S/C28H43N5O4S2/c1-28(2,3)37-27(36)33-20-39-19-24(33)25(34)30-23(18-38-17-21-7-5-4-6-8-21)26(35)32-15-13-31(14-16-32)22-9-11-29-12-10-22/h9-12,21,23-24H,4-8,13-20H2,1-3H3,(H,30,34)/t23-,24-/m0/s1. The number of amides is 3. The van der Waals surface area contributed by atoms with Crippen LogP contribution in [-0.2, 0) is 14.3 Å². The van der Waals surface area contributed by atoms with Gasteiger partial charge in [0.05, 0.1) is 5.88 Å². The first-order chi connectivity index (χ1) is 18.7. The average molecular weight is 578 g/mol. The summed E-state index contributed by atoms with van der Waals surface area (Å²) >= 11 is 3.29. The molecule has 11 heteroatoms. The van der Waals surface area contributed by atoms with Crippen molar-refractivity contribution in [3.63, 3.8) is 0 Å². The van der Waals surface area contributed by atoms with E-state index in [1.807, 2.05) is 37.8 Å². The number of thioether (sulfide) groups is 2. The van der Waals surface area contributed by atoms with Crippen LogP contribution in [0.15, 0.2) is 24.5 Å². The van der Waals surface area contributed by atoms with Gasteiger partial charge in [-0.25, -0.2) is 4.79 Å². The predicted octanol–water partition coefficient (Wildman–Crippen LogP) is 3.84. The molecule has 0 bridgehead atoms. The first-order valence-corrected chi connectivity index (χ1v) is 16.4. The lowest BCUT2D eigenvalue weighted by atomic mass is 9.91. The number of nitrogens with one attached hydrogen (secondary N) is 1. The highest BCUT2D eigenvalue weighted by atomic mass is 32.2. The molecule has 9 nitrogen and oxygen atoms in total. The molecule has 1 N–H and O–H groups in total. The Labute approximate surface area is 241 Å². The second-order valence-corrected chi connectivity index (χ2v) is 13.7. The molecule has 1 aliphatic carbocycles. The molecule has 0 unspecified atom stereocenters. The minimum atomic E-state index is -0.646. The van der Waals surface area contributed by atoms with E-state index in [9.17, 15) is 14.4 Å². The van der Waals surface area contributed by atoms with Crippen LogP contribution in [0.5, 0.6) is 0 Å². The van der Waals surface area contributed by atoms with E-state index in [1.165, 1.54) is 48.8 Å². The SMILES string of the molecule is CC(C)(C)OC(=O)N1CSC[C@H]1C(=O)N[C@@H](CSCC1CCCCC1)C(=O)N1CCN(c2ccncc2)CC1. The van der Waals surface area contributed by atoms with E-state index in [4.69, 9.17) is 4.74 Å². The highest BCUT2D eigenvalue weighted by Crippen LogP contribution is 2.28. The summed E-state index contributed by atoms with van der Waals surface area (Å²) in [7, 11) is 0. The van der Waals surface area contributed by atoms with Crippen molar-refractivity contribution in [3.05, 3.63) is 24.5 Å². The highest BCUT2D eigenvalue weighted by molar-refractivity contribution is 7.99. The van der Waals surface area contributed by atoms with Gasteiger partial charge < -0.3 is 19.9 Å². The van der Waals surface area contributed by atoms with Crippen molar-refractivity contribution in [3.8, 4) is 0 Å². The van der Waals surface area contributed by atoms with E-state index in [0.29, 0.717) is 36.4 Å². The number of pyridine rings is 1. The Morgan fingerprint density at radius 2 is 1.79 bits per heavy atom. The molecule has 0 aromatic carbocycles. The van der Waals surface area contributed by atoms with Gasteiger partial charge in [-0.1, -0.05) is 19.3 Å². The number of hydrogen-bond acceptors (Lipinski definition) is 8. The van der Waals surface area contributed by atoms with Crippen molar-refractivity contribution in [1.29, 1.82) is 0 Å². The topological polar surface area (TPSA) is 95.1 Å². The van der Waals surface area contributed by atoms with Crippen LogP contribution in [0, 0.1) is 5.92 Å². The van der Waals surface area contributed by atoms with Gasteiger partial charge in [0.25, 0.3) is 0 Å². The molecule has 39 heavy (non-hydrogen) atoms. The maximum absolute atomic E-state index is 13.7. The van der Waals surface area contributed by atoms with Crippen LogP contribution in [0.4, 0.5) is 10.5 Å². The minimum Gasteiger partial charge on any atom is -0.444 e. The van der Waals surface area contributed by atoms with E-state index in [1.54, 1.807) is 24.2 Å². The Morgan fingerprint density at radius 3 is 2.46 bits per heavy atom. The molecule has 1 aromatic rings. The second kappa shape index (κ2) is 14.0. The van der Waals surface area contributed by atoms with Crippen molar-refractivity contribution in [2.45, 2.75) is 70.6 Å². The molecule has 2 saturated heterocycles. The molecule has 4 rings (SSSR count). The largest absolute Gasteiger partial charge is 0.444 e. The van der Waals surface area contributed by atoms with Crippen LogP contribution in [0.25, 0.3) is 0 Å². The monoisotopic (exact) mass is 577 g/mol. The number of hydrogen-bond donors (Lipinski definition) is 1.